The van der Waals surface area contributed by atoms with E-state index in [1.54, 1.807) is 0 Å². The monoisotopic (exact) mass is 351 g/mol. The molecule has 0 radical (unpaired) electrons. The average Bonchev–Trinajstić information content (AvgIpc) is 3.02. The molecule has 4 heteroatoms. The van der Waals surface area contributed by atoms with Crippen molar-refractivity contribution in [2.75, 3.05) is 13.1 Å². The van der Waals surface area contributed by atoms with Crippen molar-refractivity contribution in [2.24, 2.45) is 5.41 Å². The van der Waals surface area contributed by atoms with Gasteiger partial charge >= 0.3 is 0 Å². The molecule has 136 valence electrons. The van der Waals surface area contributed by atoms with Crippen LogP contribution in [0.15, 0.2) is 54.6 Å². The van der Waals surface area contributed by atoms with Crippen molar-refractivity contribution in [1.29, 1.82) is 0 Å². The summed E-state index contributed by atoms with van der Waals surface area (Å²) in [5, 5.41) is 10.4. The molecule has 0 bridgehead atoms. The molecule has 1 heterocycles. The number of carbonyl (C=O) groups excluding carboxylic acids is 1. The Labute approximate surface area is 154 Å². The van der Waals surface area contributed by atoms with Crippen molar-refractivity contribution >= 4 is 5.91 Å². The topological polar surface area (TPSA) is 49.8 Å². The van der Waals surface area contributed by atoms with Gasteiger partial charge < -0.3 is 14.7 Å². The second-order valence-corrected chi connectivity index (χ2v) is 7.54. The SMILES string of the molecule is O=C(c1cccc(Oc2ccccc2)c1)N1CCC[C@]2(CCC[C@H]2O)C1. The third-order valence-electron chi connectivity index (χ3n) is 5.81. The Morgan fingerprint density at radius 1 is 1.04 bits per heavy atom. The smallest absolute Gasteiger partial charge is 0.254 e. The van der Waals surface area contributed by atoms with E-state index in [2.05, 4.69) is 0 Å². The molecular weight excluding hydrogens is 326 g/mol. The fourth-order valence-electron chi connectivity index (χ4n) is 4.43. The molecule has 1 aliphatic heterocycles. The van der Waals surface area contributed by atoms with E-state index >= 15 is 0 Å². The Balaban J connectivity index is 1.50. The first-order valence-corrected chi connectivity index (χ1v) is 9.47. The zero-order chi connectivity index (χ0) is 18.0. The van der Waals surface area contributed by atoms with Gasteiger partial charge in [-0.2, -0.15) is 0 Å². The molecule has 1 aliphatic carbocycles. The lowest BCUT2D eigenvalue weighted by Gasteiger charge is -2.42. The van der Waals surface area contributed by atoms with Gasteiger partial charge in [-0.1, -0.05) is 30.7 Å². The Kier molecular flexibility index (Phi) is 4.68. The molecule has 1 spiro atoms. The van der Waals surface area contributed by atoms with Gasteiger partial charge in [-0.05, 0) is 56.0 Å². The molecule has 26 heavy (non-hydrogen) atoms. The predicted octanol–water partition coefficient (Wildman–Crippen LogP) is 4.25. The third-order valence-corrected chi connectivity index (χ3v) is 5.81. The van der Waals surface area contributed by atoms with Gasteiger partial charge in [0.2, 0.25) is 0 Å². The van der Waals surface area contributed by atoms with Crippen molar-refractivity contribution in [3.63, 3.8) is 0 Å². The zero-order valence-electron chi connectivity index (χ0n) is 14.9. The number of nitrogens with zero attached hydrogens (tertiary/aromatic N) is 1. The predicted molar refractivity (Wildman–Crippen MR) is 100 cm³/mol. The Bertz CT molecular complexity index is 776. The minimum Gasteiger partial charge on any atom is -0.457 e. The maximum absolute atomic E-state index is 13.0. The molecule has 1 saturated carbocycles. The lowest BCUT2D eigenvalue weighted by atomic mass is 9.76. The van der Waals surface area contributed by atoms with Crippen LogP contribution in [0.25, 0.3) is 0 Å². The fourth-order valence-corrected chi connectivity index (χ4v) is 4.43. The van der Waals surface area contributed by atoms with Crippen molar-refractivity contribution in [3.8, 4) is 11.5 Å². The van der Waals surface area contributed by atoms with Gasteiger partial charge in [0.1, 0.15) is 11.5 Å². The van der Waals surface area contributed by atoms with E-state index in [1.807, 2.05) is 59.5 Å². The summed E-state index contributed by atoms with van der Waals surface area (Å²) >= 11 is 0. The maximum Gasteiger partial charge on any atom is 0.254 e. The molecular formula is C22H25NO3. The van der Waals surface area contributed by atoms with Crippen molar-refractivity contribution in [2.45, 2.75) is 38.2 Å². The lowest BCUT2D eigenvalue weighted by molar-refractivity contribution is -0.00536. The Morgan fingerprint density at radius 3 is 2.58 bits per heavy atom. The van der Waals surface area contributed by atoms with Crippen molar-refractivity contribution in [1.82, 2.24) is 4.90 Å². The van der Waals surface area contributed by atoms with Gasteiger partial charge in [0.25, 0.3) is 5.91 Å². The molecule has 4 nitrogen and oxygen atoms in total. The summed E-state index contributed by atoms with van der Waals surface area (Å²) in [5.41, 5.74) is 0.550. The number of piperidine rings is 1. The summed E-state index contributed by atoms with van der Waals surface area (Å²) in [5.74, 6) is 1.44. The summed E-state index contributed by atoms with van der Waals surface area (Å²) in [6.07, 6.45) is 4.66. The largest absolute Gasteiger partial charge is 0.457 e. The van der Waals surface area contributed by atoms with Gasteiger partial charge in [0.05, 0.1) is 6.10 Å². The van der Waals surface area contributed by atoms with Crippen LogP contribution < -0.4 is 4.74 Å². The number of carbonyl (C=O) groups is 1. The van der Waals surface area contributed by atoms with Crippen LogP contribution in [-0.2, 0) is 0 Å². The maximum atomic E-state index is 13.0. The number of aliphatic hydroxyl groups excluding tert-OH is 1. The number of hydrogen-bond donors (Lipinski definition) is 1. The third kappa shape index (κ3) is 3.34. The minimum atomic E-state index is -0.272. The van der Waals surface area contributed by atoms with Crippen LogP contribution in [0.3, 0.4) is 0 Å². The van der Waals surface area contributed by atoms with E-state index in [-0.39, 0.29) is 17.4 Å². The minimum absolute atomic E-state index is 0.0293. The van der Waals surface area contributed by atoms with Gasteiger partial charge in [-0.3, -0.25) is 4.79 Å². The van der Waals surface area contributed by atoms with Gasteiger partial charge in [-0.25, -0.2) is 0 Å². The van der Waals surface area contributed by atoms with Crippen LogP contribution in [0.2, 0.25) is 0 Å². The highest BCUT2D eigenvalue weighted by atomic mass is 16.5. The summed E-state index contributed by atoms with van der Waals surface area (Å²) in [7, 11) is 0. The first kappa shape index (κ1) is 17.1. The Morgan fingerprint density at radius 2 is 1.81 bits per heavy atom. The molecule has 2 atom stereocenters. The molecule has 1 amide bonds. The van der Waals surface area contributed by atoms with Crippen LogP contribution in [0.5, 0.6) is 11.5 Å². The quantitative estimate of drug-likeness (QED) is 0.899. The van der Waals surface area contributed by atoms with Crippen LogP contribution >= 0.6 is 0 Å². The van der Waals surface area contributed by atoms with Crippen molar-refractivity contribution < 1.29 is 14.6 Å². The second-order valence-electron chi connectivity index (χ2n) is 7.54. The second kappa shape index (κ2) is 7.12. The standard InChI is InChI=1S/C22H25NO3/c24-20-11-5-12-22(20)13-6-14-23(16-22)21(25)17-7-4-10-19(15-17)26-18-8-2-1-3-9-18/h1-4,7-10,15,20,24H,5-6,11-14,16H2/t20-,22-/m1/s1. The molecule has 1 N–H and O–H groups in total. The number of aliphatic hydroxyl groups is 1. The molecule has 2 aromatic rings. The number of hydrogen-bond acceptors (Lipinski definition) is 3. The summed E-state index contributed by atoms with van der Waals surface area (Å²) in [6.45, 7) is 1.42. The number of para-hydroxylation sites is 1. The van der Waals surface area contributed by atoms with E-state index in [9.17, 15) is 9.90 Å². The summed E-state index contributed by atoms with van der Waals surface area (Å²) in [4.78, 5) is 15.0. The van der Waals surface area contributed by atoms with Gasteiger partial charge in [0, 0.05) is 24.1 Å². The van der Waals surface area contributed by atoms with Crippen LogP contribution in [-0.4, -0.2) is 35.1 Å². The summed E-state index contributed by atoms with van der Waals surface area (Å²) in [6, 6.07) is 16.9. The number of likely N-dealkylation sites (tertiary alicyclic amines) is 1. The van der Waals surface area contributed by atoms with E-state index in [4.69, 9.17) is 4.74 Å². The molecule has 0 unspecified atom stereocenters. The van der Waals surface area contributed by atoms with Gasteiger partial charge in [-0.15, -0.1) is 0 Å². The van der Waals surface area contributed by atoms with Crippen LogP contribution in [0.4, 0.5) is 0 Å². The van der Waals surface area contributed by atoms with E-state index in [0.717, 1.165) is 44.4 Å². The zero-order valence-corrected chi connectivity index (χ0v) is 14.9. The highest BCUT2D eigenvalue weighted by molar-refractivity contribution is 5.94. The van der Waals surface area contributed by atoms with E-state index in [0.29, 0.717) is 17.9 Å². The van der Waals surface area contributed by atoms with Crippen LogP contribution in [0, 0.1) is 5.41 Å². The average molecular weight is 351 g/mol. The number of rotatable bonds is 3. The van der Waals surface area contributed by atoms with E-state index < -0.39 is 0 Å². The molecule has 4 rings (SSSR count). The molecule has 1 saturated heterocycles. The van der Waals surface area contributed by atoms with Crippen LogP contribution in [0.1, 0.15) is 42.5 Å². The molecule has 2 fully saturated rings. The van der Waals surface area contributed by atoms with E-state index in [1.165, 1.54) is 0 Å². The molecule has 2 aromatic carbocycles. The first-order valence-electron chi connectivity index (χ1n) is 9.47. The number of benzene rings is 2. The fraction of sp³-hybridized carbons (Fsp3) is 0.409. The van der Waals surface area contributed by atoms with Crippen molar-refractivity contribution in [3.05, 3.63) is 60.2 Å². The van der Waals surface area contributed by atoms with Gasteiger partial charge in [0.15, 0.2) is 0 Å². The normalized spacial score (nSPS) is 25.4. The number of amides is 1. The summed E-state index contributed by atoms with van der Waals surface area (Å²) < 4.78 is 5.86. The highest BCUT2D eigenvalue weighted by Gasteiger charge is 2.45. The molecule has 0 aromatic heterocycles. The molecule has 2 aliphatic rings. The first-order chi connectivity index (χ1) is 12.7. The number of ether oxygens (including phenoxy) is 1. The lowest BCUT2D eigenvalue weighted by Crippen LogP contribution is -2.49. The highest BCUT2D eigenvalue weighted by Crippen LogP contribution is 2.45. The Hall–Kier alpha value is -2.33.